The van der Waals surface area contributed by atoms with Gasteiger partial charge in [-0.05, 0) is 36.2 Å². The van der Waals surface area contributed by atoms with Crippen molar-refractivity contribution in [1.29, 1.82) is 0 Å². The summed E-state index contributed by atoms with van der Waals surface area (Å²) in [6.07, 6.45) is 4.23. The van der Waals surface area contributed by atoms with Crippen LogP contribution in [-0.2, 0) is 4.79 Å². The maximum Gasteiger partial charge on any atom is 0.133 e. The first kappa shape index (κ1) is 7.66. The highest BCUT2D eigenvalue weighted by Crippen LogP contribution is 2.37. The number of carbonyl (C=O) groups excluding carboxylic acids is 1. The van der Waals surface area contributed by atoms with Gasteiger partial charge in [0.2, 0.25) is 0 Å². The Hall–Kier alpha value is 0.0200. The van der Waals surface area contributed by atoms with Gasteiger partial charge in [-0.2, -0.15) is 11.8 Å². The van der Waals surface area contributed by atoms with E-state index in [-0.39, 0.29) is 0 Å². The predicted octanol–water partition coefficient (Wildman–Crippen LogP) is 2.11. The molecule has 1 saturated carbocycles. The minimum absolute atomic E-state index is 0.512. The van der Waals surface area contributed by atoms with Crippen LogP contribution in [0, 0.1) is 11.8 Å². The molecule has 0 unspecified atom stereocenters. The van der Waals surface area contributed by atoms with Crippen LogP contribution in [-0.4, -0.2) is 17.3 Å². The van der Waals surface area contributed by atoms with Crippen molar-refractivity contribution >= 4 is 17.5 Å². The van der Waals surface area contributed by atoms with Gasteiger partial charge in [-0.25, -0.2) is 0 Å². The zero-order valence-electron chi connectivity index (χ0n) is 6.71. The molecule has 0 bridgehead atoms. The predicted molar refractivity (Wildman–Crippen MR) is 47.8 cm³/mol. The standard InChI is InChI=1S/C9H14OS/c10-9-2-1-8-6-11-4-3-7(8)5-9/h7-8H,1-6H2/t7-,8+/m1/s1. The maximum absolute atomic E-state index is 11.1. The van der Waals surface area contributed by atoms with Gasteiger partial charge < -0.3 is 0 Å². The summed E-state index contributed by atoms with van der Waals surface area (Å²) in [5, 5.41) is 0. The molecule has 1 nitrogen and oxygen atoms in total. The largest absolute Gasteiger partial charge is 0.300 e. The van der Waals surface area contributed by atoms with Crippen LogP contribution >= 0.6 is 11.8 Å². The minimum Gasteiger partial charge on any atom is -0.300 e. The van der Waals surface area contributed by atoms with E-state index in [0.717, 1.165) is 24.7 Å². The second kappa shape index (κ2) is 3.18. The monoisotopic (exact) mass is 170 g/mol. The molecule has 1 aliphatic heterocycles. The number of fused-ring (bicyclic) bond motifs is 1. The molecular formula is C9H14OS. The van der Waals surface area contributed by atoms with Crippen molar-refractivity contribution in [2.75, 3.05) is 11.5 Å². The van der Waals surface area contributed by atoms with Gasteiger partial charge in [-0.3, -0.25) is 4.79 Å². The summed E-state index contributed by atoms with van der Waals surface area (Å²) in [6.45, 7) is 0. The van der Waals surface area contributed by atoms with Crippen molar-refractivity contribution in [3.05, 3.63) is 0 Å². The van der Waals surface area contributed by atoms with Crippen LogP contribution in [0.2, 0.25) is 0 Å². The third kappa shape index (κ3) is 1.61. The van der Waals surface area contributed by atoms with Gasteiger partial charge in [0.25, 0.3) is 0 Å². The molecule has 0 amide bonds. The van der Waals surface area contributed by atoms with Crippen LogP contribution in [0.3, 0.4) is 0 Å². The lowest BCUT2D eigenvalue weighted by atomic mass is 9.78. The lowest BCUT2D eigenvalue weighted by Gasteiger charge is -2.34. The van der Waals surface area contributed by atoms with Crippen molar-refractivity contribution in [1.82, 2.24) is 0 Å². The molecule has 2 rings (SSSR count). The quantitative estimate of drug-likeness (QED) is 0.554. The fourth-order valence-corrected chi connectivity index (χ4v) is 3.55. The Morgan fingerprint density at radius 1 is 1.27 bits per heavy atom. The summed E-state index contributed by atoms with van der Waals surface area (Å²) in [5.74, 6) is 4.76. The smallest absolute Gasteiger partial charge is 0.133 e. The summed E-state index contributed by atoms with van der Waals surface area (Å²) >= 11 is 2.07. The molecule has 0 aromatic carbocycles. The van der Waals surface area contributed by atoms with Crippen LogP contribution in [0.1, 0.15) is 25.7 Å². The highest BCUT2D eigenvalue weighted by molar-refractivity contribution is 7.99. The van der Waals surface area contributed by atoms with Crippen molar-refractivity contribution in [3.63, 3.8) is 0 Å². The Bertz CT molecular complexity index is 167. The average Bonchev–Trinajstić information content (AvgIpc) is 2.04. The molecule has 0 aromatic heterocycles. The summed E-state index contributed by atoms with van der Waals surface area (Å²) in [5.41, 5.74) is 0. The molecule has 0 aromatic rings. The van der Waals surface area contributed by atoms with Gasteiger partial charge in [0, 0.05) is 12.8 Å². The van der Waals surface area contributed by atoms with E-state index in [9.17, 15) is 4.79 Å². The molecule has 2 aliphatic rings. The van der Waals surface area contributed by atoms with Crippen LogP contribution in [0.15, 0.2) is 0 Å². The van der Waals surface area contributed by atoms with Crippen LogP contribution in [0.5, 0.6) is 0 Å². The molecule has 1 heterocycles. The van der Waals surface area contributed by atoms with Crippen LogP contribution < -0.4 is 0 Å². The molecule has 11 heavy (non-hydrogen) atoms. The van der Waals surface area contributed by atoms with E-state index < -0.39 is 0 Å². The Morgan fingerprint density at radius 3 is 3.09 bits per heavy atom. The van der Waals surface area contributed by atoms with Gasteiger partial charge in [0.1, 0.15) is 5.78 Å². The number of hydrogen-bond acceptors (Lipinski definition) is 2. The lowest BCUT2D eigenvalue weighted by molar-refractivity contribution is -0.122. The molecule has 1 saturated heterocycles. The van der Waals surface area contributed by atoms with Crippen molar-refractivity contribution in [2.45, 2.75) is 25.7 Å². The van der Waals surface area contributed by atoms with Crippen molar-refractivity contribution in [3.8, 4) is 0 Å². The lowest BCUT2D eigenvalue weighted by Crippen LogP contribution is -2.29. The number of ketones is 1. The summed E-state index contributed by atoms with van der Waals surface area (Å²) in [4.78, 5) is 11.1. The first-order valence-electron chi connectivity index (χ1n) is 4.45. The normalized spacial score (nSPS) is 38.4. The fraction of sp³-hybridized carbons (Fsp3) is 0.889. The highest BCUT2D eigenvalue weighted by atomic mass is 32.2. The summed E-state index contributed by atoms with van der Waals surface area (Å²) in [6, 6.07) is 0. The van der Waals surface area contributed by atoms with E-state index in [0.29, 0.717) is 5.78 Å². The van der Waals surface area contributed by atoms with E-state index in [1.54, 1.807) is 0 Å². The molecule has 62 valence electrons. The topological polar surface area (TPSA) is 17.1 Å². The Morgan fingerprint density at radius 2 is 2.18 bits per heavy atom. The Balaban J connectivity index is 1.98. The van der Waals surface area contributed by atoms with Crippen LogP contribution in [0.25, 0.3) is 0 Å². The molecule has 0 N–H and O–H groups in total. The number of hydrogen-bond donors (Lipinski definition) is 0. The van der Waals surface area contributed by atoms with Gasteiger partial charge in [-0.15, -0.1) is 0 Å². The van der Waals surface area contributed by atoms with Crippen LogP contribution in [0.4, 0.5) is 0 Å². The first-order chi connectivity index (χ1) is 5.36. The number of thioether (sulfide) groups is 1. The minimum atomic E-state index is 0.512. The first-order valence-corrected chi connectivity index (χ1v) is 5.61. The van der Waals surface area contributed by atoms with E-state index >= 15 is 0 Å². The summed E-state index contributed by atoms with van der Waals surface area (Å²) in [7, 11) is 0. The maximum atomic E-state index is 11.1. The fourth-order valence-electron chi connectivity index (χ4n) is 2.17. The number of carbonyl (C=O) groups is 1. The zero-order valence-corrected chi connectivity index (χ0v) is 7.53. The highest BCUT2D eigenvalue weighted by Gasteiger charge is 2.31. The Kier molecular flexibility index (Phi) is 2.21. The SMILES string of the molecule is O=C1CC[C@H]2CSCC[C@@H]2C1. The molecule has 1 aliphatic carbocycles. The van der Waals surface area contributed by atoms with Crippen molar-refractivity contribution < 1.29 is 4.79 Å². The number of rotatable bonds is 0. The molecule has 2 atom stereocenters. The van der Waals surface area contributed by atoms with Gasteiger partial charge in [0.05, 0.1) is 0 Å². The van der Waals surface area contributed by atoms with E-state index in [2.05, 4.69) is 11.8 Å². The van der Waals surface area contributed by atoms with E-state index in [1.165, 1.54) is 24.3 Å². The molecular weight excluding hydrogens is 156 g/mol. The van der Waals surface area contributed by atoms with Gasteiger partial charge in [0.15, 0.2) is 0 Å². The Labute approximate surface area is 71.9 Å². The molecule has 2 fully saturated rings. The second-order valence-electron chi connectivity index (χ2n) is 3.67. The third-order valence-electron chi connectivity index (χ3n) is 2.92. The average molecular weight is 170 g/mol. The van der Waals surface area contributed by atoms with E-state index in [4.69, 9.17) is 0 Å². The number of Topliss-reactive ketones (excluding diaryl/α,β-unsaturated/α-hetero) is 1. The second-order valence-corrected chi connectivity index (χ2v) is 4.82. The van der Waals surface area contributed by atoms with E-state index in [1.807, 2.05) is 0 Å². The van der Waals surface area contributed by atoms with Gasteiger partial charge in [-0.1, -0.05) is 0 Å². The molecule has 0 spiro atoms. The van der Waals surface area contributed by atoms with Crippen molar-refractivity contribution in [2.24, 2.45) is 11.8 Å². The molecule has 2 heteroatoms. The molecule has 0 radical (unpaired) electrons. The summed E-state index contributed by atoms with van der Waals surface area (Å²) < 4.78 is 0. The van der Waals surface area contributed by atoms with Gasteiger partial charge >= 0.3 is 0 Å². The third-order valence-corrected chi connectivity index (χ3v) is 4.10. The zero-order chi connectivity index (χ0) is 7.68.